The first-order valence-corrected chi connectivity index (χ1v) is 38.9. The van der Waals surface area contributed by atoms with E-state index >= 15 is 0 Å². The molecule has 4 N–H and O–H groups in total. The molecule has 0 bridgehead atoms. The predicted octanol–water partition coefficient (Wildman–Crippen LogP) is 23.4. The zero-order valence-electron chi connectivity index (χ0n) is 65.3. The van der Waals surface area contributed by atoms with Crippen LogP contribution in [-0.2, 0) is 0 Å². The largest absolute Gasteiger partial charge is 0.346 e. The Balaban J connectivity index is 0.000000117. The van der Waals surface area contributed by atoms with Crippen molar-refractivity contribution in [3.63, 3.8) is 0 Å². The van der Waals surface area contributed by atoms with Gasteiger partial charge in [0.25, 0.3) is 0 Å². The van der Waals surface area contributed by atoms with E-state index in [1.807, 2.05) is 123 Å². The van der Waals surface area contributed by atoms with E-state index in [1.165, 1.54) is 55.0 Å². The van der Waals surface area contributed by atoms with Gasteiger partial charge < -0.3 is 20.6 Å². The molecule has 0 unspecified atom stereocenters. The van der Waals surface area contributed by atoms with Crippen LogP contribution in [0.15, 0.2) is 290 Å². The summed E-state index contributed by atoms with van der Waals surface area (Å²) in [5.41, 5.74) is 21.9. The van der Waals surface area contributed by atoms with E-state index in [1.54, 1.807) is 85.1 Å². The van der Waals surface area contributed by atoms with Crippen LogP contribution >= 0.6 is 23.2 Å². The number of nitrogens with one attached hydrogen (secondary N) is 4. The van der Waals surface area contributed by atoms with Crippen LogP contribution in [0, 0.1) is 82.4 Å². The number of H-pyrrole nitrogens is 2. The smallest absolute Gasteiger partial charge is 0.191 e. The van der Waals surface area contributed by atoms with Crippen molar-refractivity contribution >= 4 is 113 Å². The normalized spacial score (nSPS) is 11.7. The van der Waals surface area contributed by atoms with Crippen molar-refractivity contribution in [2.45, 2.75) is 13.8 Å². The molecule has 0 atom stereocenters. The SMILES string of the molecule is C=C1C=Cc2cc(-c3ccc4ncc(F)cc4c3)c(-c3cccc(C#N)c3)nc2N1.C=C1C=Cc2cc(-c3ccc4ncc(F)cc4c3)c(-c3cccc(C#N)c3C)nc2N1.Cc1c(C#N)cccc1-c1nc2[nH]ccc(=O)c2cc1-c1cc(Cl)c2ncc(F)cc2c1.N#Cc1cccc(-c2nc3[nH]ccc(=O)c3cc2-c2cc(Cl)c3ncc(F)cc3c2)c1. The Morgan fingerprint density at radius 1 is 0.363 bits per heavy atom. The number of halogens is 6. The molecule has 10 aromatic heterocycles. The highest BCUT2D eigenvalue weighted by molar-refractivity contribution is 6.36. The molecule has 124 heavy (non-hydrogen) atoms. The van der Waals surface area contributed by atoms with Crippen LogP contribution in [0.5, 0.6) is 0 Å². The van der Waals surface area contributed by atoms with Crippen LogP contribution in [0.1, 0.15) is 44.5 Å². The molecule has 2 aliphatic rings. The summed E-state index contributed by atoms with van der Waals surface area (Å²) in [5, 5.41) is 48.0. The number of hydrogen-bond donors (Lipinski definition) is 4. The molecule has 18 nitrogen and oxygen atoms in total. The number of hydrogen-bond acceptors (Lipinski definition) is 16. The minimum Gasteiger partial charge on any atom is -0.346 e. The molecule has 20 rings (SSSR count). The minimum atomic E-state index is -0.476. The summed E-state index contributed by atoms with van der Waals surface area (Å²) in [4.78, 5) is 66.6. The zero-order valence-corrected chi connectivity index (χ0v) is 66.8. The molecule has 8 aromatic carbocycles. The van der Waals surface area contributed by atoms with Gasteiger partial charge in [-0.3, -0.25) is 29.5 Å². The summed E-state index contributed by atoms with van der Waals surface area (Å²) in [6, 6.07) is 68.7. The second kappa shape index (κ2) is 33.6. The maximum absolute atomic E-state index is 13.9. The van der Waals surface area contributed by atoms with E-state index in [4.69, 9.17) is 38.2 Å². The third-order valence-electron chi connectivity index (χ3n) is 21.0. The highest BCUT2D eigenvalue weighted by atomic mass is 35.5. The van der Waals surface area contributed by atoms with Crippen molar-refractivity contribution in [2.24, 2.45) is 0 Å². The van der Waals surface area contributed by atoms with Gasteiger partial charge in [-0.15, -0.1) is 0 Å². The van der Waals surface area contributed by atoms with Gasteiger partial charge in [0.15, 0.2) is 10.9 Å². The Morgan fingerprint density at radius 2 is 0.750 bits per heavy atom. The van der Waals surface area contributed by atoms with Gasteiger partial charge in [0.1, 0.15) is 46.2 Å². The first kappa shape index (κ1) is 79.7. The minimum absolute atomic E-state index is 0.179. The lowest BCUT2D eigenvalue weighted by Gasteiger charge is -2.19. The van der Waals surface area contributed by atoms with E-state index in [2.05, 4.69) is 89.0 Å². The van der Waals surface area contributed by atoms with Gasteiger partial charge in [-0.1, -0.05) is 97.0 Å². The number of benzene rings is 8. The number of anilines is 2. The van der Waals surface area contributed by atoms with Gasteiger partial charge in [0.05, 0.1) is 137 Å². The van der Waals surface area contributed by atoms with Crippen LogP contribution < -0.4 is 21.5 Å². The topological polar surface area (TPSA) is 288 Å². The van der Waals surface area contributed by atoms with Crippen molar-refractivity contribution in [2.75, 3.05) is 10.6 Å². The number of nitriles is 4. The highest BCUT2D eigenvalue weighted by Gasteiger charge is 2.24. The first-order valence-electron chi connectivity index (χ1n) is 38.2. The molecular formula is C100H58Cl2F4N16O2. The fraction of sp³-hybridized carbons (Fsp3) is 0.0200. The molecule has 0 spiro atoms. The molecule has 24 heteroatoms. The highest BCUT2D eigenvalue weighted by Crippen LogP contribution is 2.44. The van der Waals surface area contributed by atoms with E-state index in [-0.39, 0.29) is 22.5 Å². The van der Waals surface area contributed by atoms with Gasteiger partial charge in [-0.25, -0.2) is 37.5 Å². The molecule has 0 saturated carbocycles. The summed E-state index contributed by atoms with van der Waals surface area (Å²) in [6.45, 7) is 11.7. The number of fused-ring (bicyclic) bond motifs is 8. The zero-order chi connectivity index (χ0) is 86.1. The molecule has 592 valence electrons. The molecule has 12 heterocycles. The number of rotatable bonds is 8. The molecule has 18 aromatic rings. The Bertz CT molecular complexity index is 8000. The number of nitrogens with zero attached hydrogens (tertiary/aromatic N) is 12. The Morgan fingerprint density at radius 3 is 1.21 bits per heavy atom. The Kier molecular flexibility index (Phi) is 21.6. The average Bonchev–Trinajstić information content (AvgIpc) is 0.762. The van der Waals surface area contributed by atoms with Crippen LogP contribution in [0.4, 0.5) is 29.2 Å². The lowest BCUT2D eigenvalue weighted by atomic mass is 9.92. The van der Waals surface area contributed by atoms with Crippen LogP contribution in [0.2, 0.25) is 10.0 Å². The number of pyridine rings is 10. The molecule has 0 amide bonds. The third kappa shape index (κ3) is 16.0. The number of aromatic amines is 2. The lowest BCUT2D eigenvalue weighted by molar-refractivity contribution is 0.624. The number of aromatic nitrogens is 10. The van der Waals surface area contributed by atoms with Crippen molar-refractivity contribution in [3.05, 3.63) is 378 Å². The van der Waals surface area contributed by atoms with Crippen LogP contribution in [0.3, 0.4) is 0 Å². The summed E-state index contributed by atoms with van der Waals surface area (Å²) >= 11 is 12.9. The van der Waals surface area contributed by atoms with Crippen molar-refractivity contribution in [1.29, 1.82) is 21.0 Å². The summed E-state index contributed by atoms with van der Waals surface area (Å²) in [6.07, 6.45) is 15.5. The molecular weight excluding hydrogens is 1600 g/mol. The summed E-state index contributed by atoms with van der Waals surface area (Å²) in [7, 11) is 0. The van der Waals surface area contributed by atoms with Gasteiger partial charge >= 0.3 is 0 Å². The van der Waals surface area contributed by atoms with E-state index in [0.717, 1.165) is 107 Å². The van der Waals surface area contributed by atoms with Crippen LogP contribution in [-0.4, -0.2) is 49.8 Å². The van der Waals surface area contributed by atoms with E-state index in [9.17, 15) is 48.2 Å². The maximum atomic E-state index is 13.9. The maximum Gasteiger partial charge on any atom is 0.191 e. The molecule has 0 aliphatic carbocycles. The standard InChI is InChI=1S/C26H17FN4.C25H14ClFN4O.C25H15FN4.C24H12ClFN4O/c1-15-6-7-18-12-23(17-8-9-24-20(10-17)11-21(27)14-29-24)25(31-26(18)30-15)22-5-3-4-19(13-28)16(22)2;1-13-14(11-28)3-2-4-18(13)24-19(10-20-22(32)5-6-29-25(20)31-24)15-7-16-8-17(27)12-30-23(16)21(26)9-15;1-15-5-6-19-12-22(17-7-8-23-20(10-17)11-21(26)14-28-23)24(30-25(19)29-15)18-4-2-3-16(9-18)13-27;25-20-9-15(7-16-8-17(26)12-29-23(16)20)18-10-19-21(31)4-5-28-24(19)30-22(18)14-3-1-2-13(6-14)11-27/h3-12,14H,1H2,2H3,(H,30,31);2-10,12H,1H3,(H,29,31,32);2-12,14H,1H2,(H,29,30);1-10,12H,(H,28,30,31). The average molecular weight is 1660 g/mol. The van der Waals surface area contributed by atoms with E-state index < -0.39 is 11.6 Å². The van der Waals surface area contributed by atoms with Gasteiger partial charge in [-0.05, 0) is 205 Å². The van der Waals surface area contributed by atoms with Crippen LogP contribution in [0.25, 0.3) is 167 Å². The Labute approximate surface area is 713 Å². The monoisotopic (exact) mass is 1660 g/mol. The van der Waals surface area contributed by atoms with Crippen molar-refractivity contribution in [1.82, 2.24) is 49.8 Å². The second-order valence-electron chi connectivity index (χ2n) is 28.9. The molecule has 0 saturated heterocycles. The molecule has 0 radical (unpaired) electrons. The van der Waals surface area contributed by atoms with E-state index in [0.29, 0.717) is 138 Å². The second-order valence-corrected chi connectivity index (χ2v) is 29.7. The van der Waals surface area contributed by atoms with Crippen molar-refractivity contribution in [3.8, 4) is 114 Å². The molecule has 2 aliphatic heterocycles. The van der Waals surface area contributed by atoms with Crippen molar-refractivity contribution < 1.29 is 17.6 Å². The fourth-order valence-corrected chi connectivity index (χ4v) is 15.5. The lowest BCUT2D eigenvalue weighted by Crippen LogP contribution is -2.06. The summed E-state index contributed by atoms with van der Waals surface area (Å²) in [5.74, 6) is -0.293. The third-order valence-corrected chi connectivity index (χ3v) is 21.5. The van der Waals surface area contributed by atoms with Gasteiger partial charge in [0, 0.05) is 113 Å². The Hall–Kier alpha value is -16.8. The first-order chi connectivity index (χ1) is 60.1. The molecule has 0 fully saturated rings. The van der Waals surface area contributed by atoms with Gasteiger partial charge in [-0.2, -0.15) is 21.0 Å². The summed E-state index contributed by atoms with van der Waals surface area (Å²) < 4.78 is 55.2. The van der Waals surface area contributed by atoms with Gasteiger partial charge in [0.2, 0.25) is 0 Å². The predicted molar refractivity (Wildman–Crippen MR) is 480 cm³/mol. The number of allylic oxidation sites excluding steroid dienone is 2. The fourth-order valence-electron chi connectivity index (χ4n) is 14.9. The quantitative estimate of drug-likeness (QED) is 0.103.